The SMILES string of the molecule is CCC(=O)O[C@@H]1[C@H](C)OCC(C(C)(O)C(=O)O)[C@H]1OC(=O)CC. The van der Waals surface area contributed by atoms with E-state index in [2.05, 4.69) is 0 Å². The van der Waals surface area contributed by atoms with Crippen molar-refractivity contribution in [2.24, 2.45) is 5.92 Å². The van der Waals surface area contributed by atoms with Crippen LogP contribution in [-0.2, 0) is 28.6 Å². The molecule has 0 radical (unpaired) electrons. The molecule has 1 rings (SSSR count). The molecule has 1 aliphatic heterocycles. The van der Waals surface area contributed by atoms with Gasteiger partial charge in [0.15, 0.2) is 11.7 Å². The van der Waals surface area contributed by atoms with E-state index in [-0.39, 0.29) is 19.4 Å². The molecule has 0 spiro atoms. The van der Waals surface area contributed by atoms with Crippen molar-refractivity contribution in [1.29, 1.82) is 0 Å². The van der Waals surface area contributed by atoms with Gasteiger partial charge in [0.05, 0.1) is 18.6 Å². The zero-order valence-corrected chi connectivity index (χ0v) is 13.8. The summed E-state index contributed by atoms with van der Waals surface area (Å²) in [4.78, 5) is 34.7. The van der Waals surface area contributed by atoms with E-state index in [9.17, 15) is 24.6 Å². The van der Waals surface area contributed by atoms with Crippen LogP contribution in [0.4, 0.5) is 0 Å². The van der Waals surface area contributed by atoms with Gasteiger partial charge in [-0.15, -0.1) is 0 Å². The van der Waals surface area contributed by atoms with Gasteiger partial charge >= 0.3 is 17.9 Å². The molecule has 1 heterocycles. The Balaban J connectivity index is 3.15. The first-order valence-electron chi connectivity index (χ1n) is 7.61. The van der Waals surface area contributed by atoms with Crippen molar-refractivity contribution >= 4 is 17.9 Å². The second-order valence-corrected chi connectivity index (χ2v) is 5.71. The molecule has 0 saturated carbocycles. The Morgan fingerprint density at radius 3 is 2.04 bits per heavy atom. The van der Waals surface area contributed by atoms with E-state index in [1.807, 2.05) is 0 Å². The lowest BCUT2D eigenvalue weighted by molar-refractivity contribution is -0.230. The third kappa shape index (κ3) is 4.42. The van der Waals surface area contributed by atoms with Crippen LogP contribution in [0.15, 0.2) is 0 Å². The summed E-state index contributed by atoms with van der Waals surface area (Å²) < 4.78 is 16.0. The maximum Gasteiger partial charge on any atom is 0.335 e. The molecule has 2 N–H and O–H groups in total. The lowest BCUT2D eigenvalue weighted by Gasteiger charge is -2.44. The molecule has 1 fully saturated rings. The summed E-state index contributed by atoms with van der Waals surface area (Å²) in [5.74, 6) is -3.65. The minimum atomic E-state index is -2.20. The van der Waals surface area contributed by atoms with Gasteiger partial charge in [0.1, 0.15) is 6.10 Å². The fraction of sp³-hybridized carbons (Fsp3) is 0.800. The molecule has 1 aliphatic rings. The van der Waals surface area contributed by atoms with Crippen LogP contribution >= 0.6 is 0 Å². The third-order valence-electron chi connectivity index (χ3n) is 3.99. The fourth-order valence-electron chi connectivity index (χ4n) is 2.36. The summed E-state index contributed by atoms with van der Waals surface area (Å²) in [6.07, 6.45) is -2.50. The molecule has 0 aromatic heterocycles. The van der Waals surface area contributed by atoms with Gasteiger partial charge in [-0.1, -0.05) is 13.8 Å². The maximum absolute atomic E-state index is 11.7. The smallest absolute Gasteiger partial charge is 0.335 e. The van der Waals surface area contributed by atoms with Gasteiger partial charge < -0.3 is 24.4 Å². The molecule has 0 bridgehead atoms. The number of hydrogen-bond acceptors (Lipinski definition) is 7. The van der Waals surface area contributed by atoms with Crippen LogP contribution in [0.2, 0.25) is 0 Å². The molecular weight excluding hydrogens is 308 g/mol. The highest BCUT2D eigenvalue weighted by atomic mass is 16.6. The summed E-state index contributed by atoms with van der Waals surface area (Å²) >= 11 is 0. The highest BCUT2D eigenvalue weighted by Crippen LogP contribution is 2.33. The van der Waals surface area contributed by atoms with Crippen LogP contribution in [-0.4, -0.2) is 58.6 Å². The standard InChI is InChI=1S/C15H24O8/c1-5-10(16)22-12-8(3)21-7-9(15(4,20)14(18)19)13(12)23-11(17)6-2/h8-9,12-13,20H,5-7H2,1-4H3,(H,18,19)/t8-,9?,12+,13+,15?/m0/s1. The number of ether oxygens (including phenoxy) is 3. The Hall–Kier alpha value is -1.67. The van der Waals surface area contributed by atoms with E-state index >= 15 is 0 Å². The third-order valence-corrected chi connectivity index (χ3v) is 3.99. The molecule has 5 atom stereocenters. The summed E-state index contributed by atoms with van der Waals surface area (Å²) in [6.45, 7) is 5.79. The van der Waals surface area contributed by atoms with E-state index in [4.69, 9.17) is 14.2 Å². The van der Waals surface area contributed by atoms with Gasteiger partial charge in [-0.25, -0.2) is 4.79 Å². The van der Waals surface area contributed by atoms with Crippen molar-refractivity contribution in [3.63, 3.8) is 0 Å². The number of carbonyl (C=O) groups is 3. The summed E-state index contributed by atoms with van der Waals surface area (Å²) in [5.41, 5.74) is -2.20. The first-order valence-corrected chi connectivity index (χ1v) is 7.61. The molecule has 1 saturated heterocycles. The molecule has 2 unspecified atom stereocenters. The van der Waals surface area contributed by atoms with Crippen molar-refractivity contribution in [1.82, 2.24) is 0 Å². The van der Waals surface area contributed by atoms with Crippen LogP contribution in [0.3, 0.4) is 0 Å². The van der Waals surface area contributed by atoms with E-state index in [1.54, 1.807) is 20.8 Å². The van der Waals surface area contributed by atoms with Gasteiger partial charge in [-0.05, 0) is 13.8 Å². The number of carboxylic acid groups (broad SMARTS) is 1. The summed E-state index contributed by atoms with van der Waals surface area (Å²) in [5, 5.41) is 19.5. The Morgan fingerprint density at radius 1 is 1.13 bits per heavy atom. The highest BCUT2D eigenvalue weighted by molar-refractivity contribution is 5.77. The first kappa shape index (κ1) is 19.4. The molecule has 132 valence electrons. The van der Waals surface area contributed by atoms with E-state index in [0.717, 1.165) is 6.92 Å². The van der Waals surface area contributed by atoms with Crippen molar-refractivity contribution in [3.8, 4) is 0 Å². The van der Waals surface area contributed by atoms with Gasteiger partial charge in [0.2, 0.25) is 0 Å². The summed E-state index contributed by atoms with van der Waals surface area (Å²) in [6, 6.07) is 0. The van der Waals surface area contributed by atoms with Crippen LogP contribution < -0.4 is 0 Å². The van der Waals surface area contributed by atoms with Crippen LogP contribution in [0.1, 0.15) is 40.5 Å². The predicted octanol–water partition coefficient (Wildman–Crippen LogP) is 0.500. The fourth-order valence-corrected chi connectivity index (χ4v) is 2.36. The lowest BCUT2D eigenvalue weighted by Crippen LogP contribution is -2.61. The summed E-state index contributed by atoms with van der Waals surface area (Å²) in [7, 11) is 0. The molecule has 0 aromatic rings. The average molecular weight is 332 g/mol. The molecule has 23 heavy (non-hydrogen) atoms. The minimum Gasteiger partial charge on any atom is -0.479 e. The predicted molar refractivity (Wildman–Crippen MR) is 77.5 cm³/mol. The first-order chi connectivity index (χ1) is 10.6. The Morgan fingerprint density at radius 2 is 1.61 bits per heavy atom. The van der Waals surface area contributed by atoms with Gasteiger partial charge in [-0.3, -0.25) is 9.59 Å². The number of aliphatic hydroxyl groups is 1. The van der Waals surface area contributed by atoms with Crippen LogP contribution in [0, 0.1) is 5.92 Å². The zero-order chi connectivity index (χ0) is 17.8. The minimum absolute atomic E-state index is 0.0715. The van der Waals surface area contributed by atoms with E-state index in [1.165, 1.54) is 0 Å². The average Bonchev–Trinajstić information content (AvgIpc) is 2.49. The Kier molecular flexibility index (Phi) is 6.52. The van der Waals surface area contributed by atoms with E-state index in [0.29, 0.717) is 0 Å². The second-order valence-electron chi connectivity index (χ2n) is 5.71. The molecule has 0 aliphatic carbocycles. The molecule has 0 amide bonds. The number of carboxylic acids is 1. The van der Waals surface area contributed by atoms with E-state index < -0.39 is 47.7 Å². The number of aliphatic carboxylic acids is 1. The highest BCUT2D eigenvalue weighted by Gasteiger charge is 2.53. The monoisotopic (exact) mass is 332 g/mol. The zero-order valence-electron chi connectivity index (χ0n) is 13.8. The quantitative estimate of drug-likeness (QED) is 0.675. The van der Waals surface area contributed by atoms with Gasteiger partial charge in [0.25, 0.3) is 0 Å². The Bertz CT molecular complexity index is 458. The van der Waals surface area contributed by atoms with Crippen molar-refractivity contribution in [2.75, 3.05) is 6.61 Å². The number of carbonyl (C=O) groups excluding carboxylic acids is 2. The number of esters is 2. The largest absolute Gasteiger partial charge is 0.479 e. The van der Waals surface area contributed by atoms with Crippen molar-refractivity contribution in [3.05, 3.63) is 0 Å². The van der Waals surface area contributed by atoms with Crippen molar-refractivity contribution in [2.45, 2.75) is 64.4 Å². The molecular formula is C15H24O8. The molecule has 8 nitrogen and oxygen atoms in total. The van der Waals surface area contributed by atoms with Crippen molar-refractivity contribution < 1.29 is 38.8 Å². The van der Waals surface area contributed by atoms with Gasteiger partial charge in [0, 0.05) is 12.8 Å². The lowest BCUT2D eigenvalue weighted by atomic mass is 9.80. The topological polar surface area (TPSA) is 119 Å². The normalized spacial score (nSPS) is 30.1. The molecule has 0 aromatic carbocycles. The molecule has 8 heteroatoms. The Labute approximate surface area is 134 Å². The number of hydrogen-bond donors (Lipinski definition) is 2. The maximum atomic E-state index is 11.7. The van der Waals surface area contributed by atoms with Gasteiger partial charge in [-0.2, -0.15) is 0 Å². The number of rotatable bonds is 6. The second kappa shape index (κ2) is 7.74. The van der Waals surface area contributed by atoms with Crippen LogP contribution in [0.25, 0.3) is 0 Å². The van der Waals surface area contributed by atoms with Crippen LogP contribution in [0.5, 0.6) is 0 Å².